The van der Waals surface area contributed by atoms with Crippen LogP contribution in [0.2, 0.25) is 0 Å². The van der Waals surface area contributed by atoms with Gasteiger partial charge >= 0.3 is 6.03 Å². The minimum Gasteiger partial charge on any atom is -0.351 e. The highest BCUT2D eigenvalue weighted by Gasteiger charge is 2.40. The van der Waals surface area contributed by atoms with Crippen molar-refractivity contribution in [2.75, 3.05) is 26.4 Å². The standard InChI is InChI=1S/C44H51N5O7S/c1-5-45-43(53)48-56-29-40(51)46-37(41(52)49(31(4)42(54-6-2)55-7-3)28-32-30-57-38-26-18-17-25-36(32)38)27-39(50)47-44(33-19-11-8-12-20-33,34-21-13-9-14-22-34)35-23-15-10-16-24-35/h8-26,30-31,37,42H,5-7,27-29H2,1-4H3,(H,46,51)(H,47,50)(H2,45,48,53). The van der Waals surface area contributed by atoms with Crippen LogP contribution in [0.1, 0.15) is 56.4 Å². The molecule has 5 rings (SSSR count). The van der Waals surface area contributed by atoms with Gasteiger partial charge in [0.2, 0.25) is 17.7 Å². The average Bonchev–Trinajstić information content (AvgIpc) is 3.65. The van der Waals surface area contributed by atoms with Crippen molar-refractivity contribution in [1.82, 2.24) is 26.3 Å². The predicted molar refractivity (Wildman–Crippen MR) is 221 cm³/mol. The molecular formula is C44H51N5O7S. The Kier molecular flexibility index (Phi) is 15.7. The van der Waals surface area contributed by atoms with Crippen LogP contribution in [0.4, 0.5) is 4.79 Å². The molecule has 57 heavy (non-hydrogen) atoms. The summed E-state index contributed by atoms with van der Waals surface area (Å²) in [5.74, 6) is -1.77. The van der Waals surface area contributed by atoms with Gasteiger partial charge in [-0.25, -0.2) is 10.3 Å². The summed E-state index contributed by atoms with van der Waals surface area (Å²) in [6.45, 7) is 7.79. The van der Waals surface area contributed by atoms with E-state index < -0.39 is 60.7 Å². The number of benzene rings is 4. The maximum atomic E-state index is 15.1. The van der Waals surface area contributed by atoms with Crippen molar-refractivity contribution in [2.45, 2.75) is 64.6 Å². The average molecular weight is 794 g/mol. The quantitative estimate of drug-likeness (QED) is 0.0414. The van der Waals surface area contributed by atoms with Crippen LogP contribution >= 0.6 is 11.3 Å². The minimum atomic E-state index is -1.37. The largest absolute Gasteiger partial charge is 0.351 e. The van der Waals surface area contributed by atoms with Gasteiger partial charge in [-0.2, -0.15) is 0 Å². The molecule has 0 aliphatic heterocycles. The van der Waals surface area contributed by atoms with E-state index in [1.54, 1.807) is 23.2 Å². The number of nitrogens with zero attached hydrogens (tertiary/aromatic N) is 1. The molecule has 5 amide bonds. The van der Waals surface area contributed by atoms with Crippen molar-refractivity contribution < 1.29 is 33.5 Å². The molecule has 1 aromatic heterocycles. The van der Waals surface area contributed by atoms with Crippen LogP contribution in [0, 0.1) is 0 Å². The molecule has 4 aromatic carbocycles. The normalized spacial score (nSPS) is 12.4. The molecule has 13 heteroatoms. The minimum absolute atomic E-state index is 0.145. The summed E-state index contributed by atoms with van der Waals surface area (Å²) in [5, 5.41) is 11.6. The van der Waals surface area contributed by atoms with Crippen molar-refractivity contribution in [3.63, 3.8) is 0 Å². The van der Waals surface area contributed by atoms with Gasteiger partial charge in [0.05, 0.1) is 12.5 Å². The molecule has 0 aliphatic rings. The number of carbonyl (C=O) groups is 4. The van der Waals surface area contributed by atoms with E-state index >= 15 is 4.79 Å². The first kappa shape index (κ1) is 42.5. The molecule has 4 N–H and O–H groups in total. The Balaban J connectivity index is 1.55. The van der Waals surface area contributed by atoms with Gasteiger partial charge in [0.25, 0.3) is 0 Å². The molecular weight excluding hydrogens is 743 g/mol. The zero-order valence-corrected chi connectivity index (χ0v) is 33.6. The van der Waals surface area contributed by atoms with Crippen molar-refractivity contribution in [3.05, 3.63) is 143 Å². The summed E-state index contributed by atoms with van der Waals surface area (Å²) in [6, 6.07) is 34.1. The van der Waals surface area contributed by atoms with Gasteiger partial charge in [0.1, 0.15) is 11.6 Å². The fourth-order valence-electron chi connectivity index (χ4n) is 6.79. The van der Waals surface area contributed by atoms with Crippen molar-refractivity contribution in [1.29, 1.82) is 0 Å². The third-order valence-electron chi connectivity index (χ3n) is 9.41. The Hall–Kier alpha value is -5.60. The molecule has 0 bridgehead atoms. The number of rotatable bonds is 20. The highest BCUT2D eigenvalue weighted by Crippen LogP contribution is 2.37. The molecule has 2 unspecified atom stereocenters. The van der Waals surface area contributed by atoms with E-state index in [9.17, 15) is 14.4 Å². The number of thiophene rings is 1. The summed E-state index contributed by atoms with van der Waals surface area (Å²) >= 11 is 1.56. The molecule has 12 nitrogen and oxygen atoms in total. The molecule has 300 valence electrons. The first-order valence-electron chi connectivity index (χ1n) is 19.1. The summed E-state index contributed by atoms with van der Waals surface area (Å²) in [7, 11) is 0. The monoisotopic (exact) mass is 793 g/mol. The van der Waals surface area contributed by atoms with Crippen LogP contribution in [0.15, 0.2) is 121 Å². The summed E-state index contributed by atoms with van der Waals surface area (Å²) in [5.41, 5.74) is 4.26. The Morgan fingerprint density at radius 1 is 0.737 bits per heavy atom. The summed E-state index contributed by atoms with van der Waals surface area (Å²) in [6.07, 6.45) is -1.24. The highest BCUT2D eigenvalue weighted by molar-refractivity contribution is 7.17. The maximum Gasteiger partial charge on any atom is 0.338 e. The predicted octanol–water partition coefficient (Wildman–Crippen LogP) is 6.25. The maximum absolute atomic E-state index is 15.1. The molecule has 0 fully saturated rings. The zero-order valence-electron chi connectivity index (χ0n) is 32.7. The van der Waals surface area contributed by atoms with Crippen LogP contribution in [0.25, 0.3) is 10.1 Å². The Bertz CT molecular complexity index is 1940. The molecule has 1 heterocycles. The molecule has 2 atom stereocenters. The number of fused-ring (bicyclic) bond motifs is 1. The topological polar surface area (TPSA) is 147 Å². The molecule has 0 spiro atoms. The lowest BCUT2D eigenvalue weighted by Gasteiger charge is -2.38. The lowest BCUT2D eigenvalue weighted by Crippen LogP contribution is -2.57. The lowest BCUT2D eigenvalue weighted by molar-refractivity contribution is -0.180. The second-order valence-corrected chi connectivity index (χ2v) is 14.1. The van der Waals surface area contributed by atoms with Gasteiger partial charge in [-0.05, 0) is 66.8 Å². The van der Waals surface area contributed by atoms with Crippen LogP contribution in [-0.2, 0) is 40.8 Å². The second-order valence-electron chi connectivity index (χ2n) is 13.2. The van der Waals surface area contributed by atoms with Crippen LogP contribution < -0.4 is 21.4 Å². The van der Waals surface area contributed by atoms with Gasteiger partial charge in [-0.3, -0.25) is 19.2 Å². The summed E-state index contributed by atoms with van der Waals surface area (Å²) < 4.78 is 13.0. The van der Waals surface area contributed by atoms with E-state index in [4.69, 9.17) is 14.3 Å². The Labute approximate surface area is 337 Å². The second kappa shape index (κ2) is 21.1. The van der Waals surface area contributed by atoms with Gasteiger partial charge in [0.15, 0.2) is 12.9 Å². The first-order chi connectivity index (χ1) is 27.7. The van der Waals surface area contributed by atoms with Gasteiger partial charge in [-0.1, -0.05) is 109 Å². The number of amides is 5. The van der Waals surface area contributed by atoms with E-state index in [0.717, 1.165) is 32.3 Å². The fraction of sp³-hybridized carbons (Fsp3) is 0.318. The van der Waals surface area contributed by atoms with Crippen LogP contribution in [0.3, 0.4) is 0 Å². The van der Waals surface area contributed by atoms with Gasteiger partial charge in [0, 0.05) is 31.0 Å². The van der Waals surface area contributed by atoms with Gasteiger partial charge < -0.3 is 30.3 Å². The van der Waals surface area contributed by atoms with E-state index in [-0.39, 0.29) is 6.54 Å². The van der Waals surface area contributed by atoms with E-state index in [1.807, 2.05) is 141 Å². The number of urea groups is 1. The summed E-state index contributed by atoms with van der Waals surface area (Å²) in [4.78, 5) is 62.0. The number of hydroxylamine groups is 1. The lowest BCUT2D eigenvalue weighted by atomic mass is 9.77. The van der Waals surface area contributed by atoms with Crippen molar-refractivity contribution in [3.8, 4) is 0 Å². The number of ether oxygens (including phenoxy) is 2. The number of hydrogen-bond donors (Lipinski definition) is 4. The molecule has 0 radical (unpaired) electrons. The van der Waals surface area contributed by atoms with E-state index in [1.165, 1.54) is 0 Å². The third-order valence-corrected chi connectivity index (χ3v) is 10.4. The Morgan fingerprint density at radius 3 is 1.82 bits per heavy atom. The number of nitrogens with one attached hydrogen (secondary N) is 4. The van der Waals surface area contributed by atoms with Crippen LogP contribution in [0.5, 0.6) is 0 Å². The number of carbonyl (C=O) groups excluding carboxylic acids is 4. The molecule has 0 aliphatic carbocycles. The molecule has 5 aromatic rings. The van der Waals surface area contributed by atoms with Crippen LogP contribution in [-0.4, -0.2) is 73.4 Å². The van der Waals surface area contributed by atoms with Crippen molar-refractivity contribution >= 4 is 45.2 Å². The van der Waals surface area contributed by atoms with E-state index in [2.05, 4.69) is 21.4 Å². The Morgan fingerprint density at radius 2 is 1.28 bits per heavy atom. The zero-order chi connectivity index (χ0) is 40.6. The van der Waals surface area contributed by atoms with E-state index in [0.29, 0.717) is 19.8 Å². The first-order valence-corrected chi connectivity index (χ1v) is 20.0. The molecule has 0 saturated heterocycles. The fourth-order valence-corrected chi connectivity index (χ4v) is 7.74. The SMILES string of the molecule is CCNC(=O)NOCC(=O)NC(CC(=O)NC(c1ccccc1)(c1ccccc1)c1ccccc1)C(=O)N(Cc1csc2ccccc12)C(C)C(OCC)OCC. The number of hydrogen-bond acceptors (Lipinski definition) is 8. The smallest absolute Gasteiger partial charge is 0.338 e. The molecule has 0 saturated carbocycles. The van der Waals surface area contributed by atoms with Gasteiger partial charge in [-0.15, -0.1) is 11.3 Å². The van der Waals surface area contributed by atoms with Crippen molar-refractivity contribution in [2.24, 2.45) is 0 Å². The third kappa shape index (κ3) is 10.8. The highest BCUT2D eigenvalue weighted by atomic mass is 32.1.